The van der Waals surface area contributed by atoms with E-state index in [1.54, 1.807) is 6.92 Å². The van der Waals surface area contributed by atoms with Crippen molar-refractivity contribution in [1.29, 1.82) is 0 Å². The molecule has 120 valence electrons. The summed E-state index contributed by atoms with van der Waals surface area (Å²) in [5.41, 5.74) is 0. The van der Waals surface area contributed by atoms with Crippen molar-refractivity contribution in [2.75, 3.05) is 32.8 Å². The zero-order valence-corrected chi connectivity index (χ0v) is 12.4. The van der Waals surface area contributed by atoms with Gasteiger partial charge < -0.3 is 25.4 Å². The Hall–Kier alpha value is -1.83. The fourth-order valence-corrected chi connectivity index (χ4v) is 2.28. The molecule has 0 bridgehead atoms. The second kappa shape index (κ2) is 8.46. The number of likely N-dealkylation sites (N-methyl/N-ethyl adjacent to an activating group) is 1. The molecule has 2 atom stereocenters. The summed E-state index contributed by atoms with van der Waals surface area (Å²) in [6.45, 7) is 5.07. The van der Waals surface area contributed by atoms with Crippen LogP contribution in [0.25, 0.3) is 0 Å². The van der Waals surface area contributed by atoms with Gasteiger partial charge in [0.1, 0.15) is 5.92 Å². The van der Waals surface area contributed by atoms with Gasteiger partial charge in [0.25, 0.3) is 0 Å². The third-order valence-electron chi connectivity index (χ3n) is 3.37. The molecule has 1 rings (SSSR count). The minimum atomic E-state index is -0.967. The number of carbonyl (C=O) groups is 3. The first-order valence-electron chi connectivity index (χ1n) is 7.12. The fraction of sp³-hybridized carbons (Fsp3) is 0.769. The topological polar surface area (TPSA) is 108 Å². The monoisotopic (exact) mass is 301 g/mol. The Kier molecular flexibility index (Phi) is 6.93. The third kappa shape index (κ3) is 4.89. The van der Waals surface area contributed by atoms with Crippen molar-refractivity contribution < 1.29 is 24.2 Å². The van der Waals surface area contributed by atoms with Crippen LogP contribution in [0.3, 0.4) is 0 Å². The van der Waals surface area contributed by atoms with Crippen LogP contribution in [0.15, 0.2) is 0 Å². The zero-order chi connectivity index (χ0) is 15.8. The van der Waals surface area contributed by atoms with Crippen LogP contribution in [-0.2, 0) is 14.3 Å². The Morgan fingerprint density at radius 3 is 2.52 bits per heavy atom. The number of amides is 3. The maximum Gasteiger partial charge on any atom is 0.317 e. The highest BCUT2D eigenvalue weighted by Gasteiger charge is 2.39. The molecule has 8 nitrogen and oxygen atoms in total. The average Bonchev–Trinajstić information content (AvgIpc) is 2.89. The van der Waals surface area contributed by atoms with Gasteiger partial charge in [-0.05, 0) is 13.8 Å². The first-order valence-corrected chi connectivity index (χ1v) is 7.12. The van der Waals surface area contributed by atoms with E-state index < -0.39 is 17.9 Å². The van der Waals surface area contributed by atoms with Crippen molar-refractivity contribution in [3.8, 4) is 0 Å². The molecule has 0 spiro atoms. The summed E-state index contributed by atoms with van der Waals surface area (Å²) >= 11 is 0. The van der Waals surface area contributed by atoms with Gasteiger partial charge in [-0.2, -0.15) is 0 Å². The van der Waals surface area contributed by atoms with Crippen molar-refractivity contribution in [3.63, 3.8) is 0 Å². The van der Waals surface area contributed by atoms with Crippen molar-refractivity contribution >= 4 is 17.9 Å². The summed E-state index contributed by atoms with van der Waals surface area (Å²) in [6.07, 6.45) is 0.195. The molecule has 1 heterocycles. The normalized spacial score (nSPS) is 20.9. The predicted octanol–water partition coefficient (Wildman–Crippen LogP) is -0.356. The fourth-order valence-electron chi connectivity index (χ4n) is 2.28. The Labute approximate surface area is 123 Å². The Morgan fingerprint density at radius 2 is 1.95 bits per heavy atom. The number of nitrogens with zero attached hydrogens (tertiary/aromatic N) is 1. The molecule has 0 radical (unpaired) electrons. The number of hydrogen-bond donors (Lipinski definition) is 3. The first kappa shape index (κ1) is 17.2. The van der Waals surface area contributed by atoms with Crippen LogP contribution in [0.5, 0.6) is 0 Å². The molecule has 0 aliphatic carbocycles. The third-order valence-corrected chi connectivity index (χ3v) is 3.37. The van der Waals surface area contributed by atoms with E-state index in [1.807, 2.05) is 6.92 Å². The highest BCUT2D eigenvalue weighted by Crippen LogP contribution is 2.20. The van der Waals surface area contributed by atoms with E-state index in [0.717, 1.165) is 0 Å². The molecule has 1 fully saturated rings. The molecule has 0 aromatic heterocycles. The molecular weight excluding hydrogens is 278 g/mol. The van der Waals surface area contributed by atoms with E-state index in [0.29, 0.717) is 13.1 Å². The number of carboxylic acid groups (broad SMARTS) is 1. The molecule has 8 heteroatoms. The summed E-state index contributed by atoms with van der Waals surface area (Å²) in [4.78, 5) is 36.0. The number of rotatable bonds is 7. The van der Waals surface area contributed by atoms with Crippen LogP contribution in [0.4, 0.5) is 4.79 Å². The van der Waals surface area contributed by atoms with Crippen molar-refractivity contribution in [1.82, 2.24) is 15.5 Å². The molecule has 2 unspecified atom stereocenters. The summed E-state index contributed by atoms with van der Waals surface area (Å²) in [5, 5.41) is 14.4. The van der Waals surface area contributed by atoms with E-state index in [9.17, 15) is 14.4 Å². The second-order valence-corrected chi connectivity index (χ2v) is 4.77. The van der Waals surface area contributed by atoms with E-state index >= 15 is 0 Å². The lowest BCUT2D eigenvalue weighted by Crippen LogP contribution is -2.50. The van der Waals surface area contributed by atoms with Crippen molar-refractivity contribution in [2.45, 2.75) is 26.3 Å². The second-order valence-electron chi connectivity index (χ2n) is 4.77. The summed E-state index contributed by atoms with van der Waals surface area (Å²) in [7, 11) is 0. The van der Waals surface area contributed by atoms with E-state index in [4.69, 9.17) is 9.84 Å². The maximum atomic E-state index is 12.1. The number of nitrogens with one attached hydrogen (secondary N) is 2. The number of urea groups is 1. The van der Waals surface area contributed by atoms with Gasteiger partial charge in [0.15, 0.2) is 0 Å². The van der Waals surface area contributed by atoms with Gasteiger partial charge >= 0.3 is 12.0 Å². The smallest absolute Gasteiger partial charge is 0.317 e. The lowest BCUT2D eigenvalue weighted by atomic mass is 10.0. The number of hydrogen-bond acceptors (Lipinski definition) is 4. The molecule has 0 aromatic carbocycles. The Balaban J connectivity index is 2.49. The van der Waals surface area contributed by atoms with Crippen LogP contribution < -0.4 is 10.6 Å². The quantitative estimate of drug-likeness (QED) is 0.595. The average molecular weight is 301 g/mol. The van der Waals surface area contributed by atoms with E-state index in [1.165, 1.54) is 4.90 Å². The number of ether oxygens (including phenoxy) is 1. The van der Waals surface area contributed by atoms with Gasteiger partial charge in [-0.25, -0.2) is 4.79 Å². The van der Waals surface area contributed by atoms with Crippen LogP contribution in [0, 0.1) is 5.92 Å². The zero-order valence-electron chi connectivity index (χ0n) is 12.4. The Bertz CT molecular complexity index is 388. The van der Waals surface area contributed by atoms with Gasteiger partial charge in [-0.1, -0.05) is 0 Å². The van der Waals surface area contributed by atoms with Crippen molar-refractivity contribution in [2.24, 2.45) is 5.92 Å². The molecule has 3 amide bonds. The standard InChI is InChI=1S/C13H23N3O5/c1-3-14-11(17)5-6-15-13(20)16(4-2)10-8-21-7-9(10)12(18)19/h9-10H,3-8H2,1-2H3,(H,14,17)(H,15,20)(H,18,19). The summed E-state index contributed by atoms with van der Waals surface area (Å²) in [5.74, 6) is -1.81. The predicted molar refractivity (Wildman–Crippen MR) is 74.8 cm³/mol. The lowest BCUT2D eigenvalue weighted by Gasteiger charge is -2.29. The van der Waals surface area contributed by atoms with Gasteiger partial charge in [-0.15, -0.1) is 0 Å². The minimum absolute atomic E-state index is 0.114. The molecule has 3 N–H and O–H groups in total. The molecule has 1 aliphatic rings. The molecule has 1 saturated heterocycles. The number of carbonyl (C=O) groups excluding carboxylic acids is 2. The van der Waals surface area contributed by atoms with E-state index in [2.05, 4.69) is 10.6 Å². The largest absolute Gasteiger partial charge is 0.481 e. The van der Waals surface area contributed by atoms with Crippen LogP contribution in [0.1, 0.15) is 20.3 Å². The lowest BCUT2D eigenvalue weighted by molar-refractivity contribution is -0.142. The molecule has 0 aromatic rings. The summed E-state index contributed by atoms with van der Waals surface area (Å²) in [6, 6.07) is -0.847. The van der Waals surface area contributed by atoms with Crippen LogP contribution >= 0.6 is 0 Å². The maximum absolute atomic E-state index is 12.1. The summed E-state index contributed by atoms with van der Waals surface area (Å²) < 4.78 is 5.17. The molecular formula is C13H23N3O5. The van der Waals surface area contributed by atoms with Crippen LogP contribution in [-0.4, -0.2) is 66.8 Å². The van der Waals surface area contributed by atoms with Crippen LogP contribution in [0.2, 0.25) is 0 Å². The molecule has 21 heavy (non-hydrogen) atoms. The number of aliphatic carboxylic acids is 1. The molecule has 0 saturated carbocycles. The minimum Gasteiger partial charge on any atom is -0.481 e. The van der Waals surface area contributed by atoms with Crippen molar-refractivity contribution in [3.05, 3.63) is 0 Å². The SMILES string of the molecule is CCNC(=O)CCNC(=O)N(CC)C1COCC1C(=O)O. The number of carboxylic acids is 1. The first-order chi connectivity index (χ1) is 10.0. The molecule has 1 aliphatic heterocycles. The van der Waals surface area contributed by atoms with Gasteiger partial charge in [0.2, 0.25) is 5.91 Å². The van der Waals surface area contributed by atoms with Gasteiger partial charge in [-0.3, -0.25) is 9.59 Å². The highest BCUT2D eigenvalue weighted by atomic mass is 16.5. The highest BCUT2D eigenvalue weighted by molar-refractivity contribution is 5.79. The van der Waals surface area contributed by atoms with Gasteiger partial charge in [0, 0.05) is 26.1 Å². The van der Waals surface area contributed by atoms with E-state index in [-0.39, 0.29) is 38.1 Å². The van der Waals surface area contributed by atoms with Gasteiger partial charge in [0.05, 0.1) is 19.3 Å². The Morgan fingerprint density at radius 1 is 1.24 bits per heavy atom.